The van der Waals surface area contributed by atoms with E-state index in [1.165, 1.54) is 0 Å². The minimum atomic E-state index is -1.33. The molecule has 6 N–H and O–H groups in total. The van der Waals surface area contributed by atoms with Crippen molar-refractivity contribution in [2.75, 3.05) is 13.1 Å². The lowest BCUT2D eigenvalue weighted by Crippen LogP contribution is -2.48. The van der Waals surface area contributed by atoms with Crippen molar-refractivity contribution in [1.29, 1.82) is 0 Å². The third-order valence-electron chi connectivity index (χ3n) is 3.22. The third-order valence-corrected chi connectivity index (χ3v) is 3.22. The predicted molar refractivity (Wildman–Crippen MR) is 58.2 cm³/mol. The van der Waals surface area contributed by atoms with Crippen molar-refractivity contribution in [3.63, 3.8) is 0 Å². The monoisotopic (exact) mass is 229 g/mol. The van der Waals surface area contributed by atoms with Crippen LogP contribution in [0.2, 0.25) is 0 Å². The molecule has 16 heavy (non-hydrogen) atoms. The van der Waals surface area contributed by atoms with Crippen LogP contribution in [0, 0.1) is 5.41 Å². The molecule has 0 bridgehead atoms. The number of carbonyl (C=O) groups excluding carboxylic acids is 2. The largest absolute Gasteiger partial charge is 0.381 e. The van der Waals surface area contributed by atoms with Gasteiger partial charge in [0.15, 0.2) is 0 Å². The molecule has 1 rings (SSSR count). The summed E-state index contributed by atoms with van der Waals surface area (Å²) in [7, 11) is 0. The van der Waals surface area contributed by atoms with Crippen LogP contribution in [-0.2, 0) is 9.59 Å². The molecular weight excluding hydrogens is 210 g/mol. The highest BCUT2D eigenvalue weighted by Gasteiger charge is 2.39. The quantitative estimate of drug-likeness (QED) is 0.457. The van der Waals surface area contributed by atoms with Crippen molar-refractivity contribution < 1.29 is 14.7 Å². The van der Waals surface area contributed by atoms with E-state index in [1.807, 2.05) is 0 Å². The SMILES string of the molecule is NCC1(C(=O)NCC(O)C(N)=O)CCCC1. The molecule has 1 aliphatic carbocycles. The second-order valence-corrected chi connectivity index (χ2v) is 4.32. The van der Waals surface area contributed by atoms with Crippen LogP contribution >= 0.6 is 0 Å². The first-order valence-corrected chi connectivity index (χ1v) is 5.47. The summed E-state index contributed by atoms with van der Waals surface area (Å²) in [6, 6.07) is 0. The first kappa shape index (κ1) is 12.9. The zero-order valence-electron chi connectivity index (χ0n) is 9.24. The van der Waals surface area contributed by atoms with Gasteiger partial charge in [-0.2, -0.15) is 0 Å². The van der Waals surface area contributed by atoms with E-state index < -0.39 is 17.4 Å². The summed E-state index contributed by atoms with van der Waals surface area (Å²) in [4.78, 5) is 22.4. The van der Waals surface area contributed by atoms with Gasteiger partial charge in [-0.25, -0.2) is 0 Å². The van der Waals surface area contributed by atoms with Crippen molar-refractivity contribution in [3.8, 4) is 0 Å². The Balaban J connectivity index is 2.48. The van der Waals surface area contributed by atoms with Crippen LogP contribution in [0.4, 0.5) is 0 Å². The zero-order chi connectivity index (χ0) is 12.2. The molecule has 1 unspecified atom stereocenters. The minimum absolute atomic E-state index is 0.143. The Bertz CT molecular complexity index is 274. The van der Waals surface area contributed by atoms with Gasteiger partial charge in [-0.15, -0.1) is 0 Å². The zero-order valence-corrected chi connectivity index (χ0v) is 9.24. The molecule has 0 heterocycles. The fourth-order valence-corrected chi connectivity index (χ4v) is 2.05. The van der Waals surface area contributed by atoms with Gasteiger partial charge in [-0.1, -0.05) is 12.8 Å². The number of aliphatic hydroxyl groups is 1. The molecule has 0 aromatic rings. The predicted octanol–water partition coefficient (Wildman–Crippen LogP) is -1.53. The Morgan fingerprint density at radius 1 is 1.38 bits per heavy atom. The van der Waals surface area contributed by atoms with E-state index in [-0.39, 0.29) is 12.5 Å². The summed E-state index contributed by atoms with van der Waals surface area (Å²) in [5, 5.41) is 11.7. The second-order valence-electron chi connectivity index (χ2n) is 4.32. The summed E-state index contributed by atoms with van der Waals surface area (Å²) < 4.78 is 0. The number of aliphatic hydroxyl groups excluding tert-OH is 1. The fourth-order valence-electron chi connectivity index (χ4n) is 2.05. The van der Waals surface area contributed by atoms with Crippen LogP contribution < -0.4 is 16.8 Å². The van der Waals surface area contributed by atoms with E-state index in [0.717, 1.165) is 25.7 Å². The Labute approximate surface area is 94.4 Å². The van der Waals surface area contributed by atoms with Gasteiger partial charge in [-0.05, 0) is 12.8 Å². The van der Waals surface area contributed by atoms with Crippen molar-refractivity contribution in [2.24, 2.45) is 16.9 Å². The van der Waals surface area contributed by atoms with E-state index in [1.54, 1.807) is 0 Å². The Morgan fingerprint density at radius 2 is 1.94 bits per heavy atom. The molecule has 6 nitrogen and oxygen atoms in total. The summed E-state index contributed by atoms with van der Waals surface area (Å²) in [5.74, 6) is -1.03. The molecule has 2 amide bonds. The smallest absolute Gasteiger partial charge is 0.248 e. The number of rotatable bonds is 5. The number of hydrogen-bond donors (Lipinski definition) is 4. The van der Waals surface area contributed by atoms with Gasteiger partial charge >= 0.3 is 0 Å². The summed E-state index contributed by atoms with van der Waals surface area (Å²) in [6.45, 7) is 0.154. The Kier molecular flexibility index (Phi) is 4.26. The van der Waals surface area contributed by atoms with Crippen LogP contribution in [0.25, 0.3) is 0 Å². The first-order valence-electron chi connectivity index (χ1n) is 5.47. The maximum atomic E-state index is 11.9. The molecule has 0 spiro atoms. The van der Waals surface area contributed by atoms with Gasteiger partial charge in [0.05, 0.1) is 12.0 Å². The molecule has 1 saturated carbocycles. The Morgan fingerprint density at radius 3 is 2.38 bits per heavy atom. The minimum Gasteiger partial charge on any atom is -0.381 e. The van der Waals surface area contributed by atoms with Crippen LogP contribution in [0.3, 0.4) is 0 Å². The number of nitrogens with two attached hydrogens (primary N) is 2. The molecule has 0 aliphatic heterocycles. The highest BCUT2D eigenvalue weighted by Crippen LogP contribution is 2.37. The van der Waals surface area contributed by atoms with E-state index >= 15 is 0 Å². The third kappa shape index (κ3) is 2.70. The number of nitrogens with one attached hydrogen (secondary N) is 1. The van der Waals surface area contributed by atoms with Crippen molar-refractivity contribution in [1.82, 2.24) is 5.32 Å². The molecule has 1 fully saturated rings. The number of amides is 2. The van der Waals surface area contributed by atoms with Crippen molar-refractivity contribution >= 4 is 11.8 Å². The maximum Gasteiger partial charge on any atom is 0.248 e. The normalized spacial score (nSPS) is 20.4. The summed E-state index contributed by atoms with van der Waals surface area (Å²) in [6.07, 6.45) is 2.18. The van der Waals surface area contributed by atoms with Crippen LogP contribution in [-0.4, -0.2) is 36.1 Å². The molecule has 1 atom stereocenters. The molecule has 0 radical (unpaired) electrons. The lowest BCUT2D eigenvalue weighted by atomic mass is 9.85. The summed E-state index contributed by atoms with van der Waals surface area (Å²) in [5.41, 5.74) is 9.98. The van der Waals surface area contributed by atoms with Crippen molar-refractivity contribution in [2.45, 2.75) is 31.8 Å². The standard InChI is InChI=1S/C10H19N3O3/c11-6-10(3-1-2-4-10)9(16)13-5-7(14)8(12)15/h7,14H,1-6,11H2,(H2,12,15)(H,13,16). The van der Waals surface area contributed by atoms with Gasteiger partial charge in [0.1, 0.15) is 6.10 Å². The molecule has 6 heteroatoms. The second kappa shape index (κ2) is 5.27. The van der Waals surface area contributed by atoms with Crippen LogP contribution in [0.15, 0.2) is 0 Å². The average Bonchev–Trinajstić information content (AvgIpc) is 2.74. The Hall–Kier alpha value is -1.14. The fraction of sp³-hybridized carbons (Fsp3) is 0.800. The van der Waals surface area contributed by atoms with Gasteiger partial charge in [0.2, 0.25) is 11.8 Å². The van der Waals surface area contributed by atoms with Crippen molar-refractivity contribution in [3.05, 3.63) is 0 Å². The molecular formula is C10H19N3O3. The number of primary amides is 1. The lowest BCUT2D eigenvalue weighted by molar-refractivity contribution is -0.132. The topological polar surface area (TPSA) is 118 Å². The lowest BCUT2D eigenvalue weighted by Gasteiger charge is -2.26. The highest BCUT2D eigenvalue weighted by molar-refractivity contribution is 5.84. The van der Waals surface area contributed by atoms with E-state index in [0.29, 0.717) is 6.54 Å². The molecule has 0 saturated heterocycles. The summed E-state index contributed by atoms with van der Waals surface area (Å²) >= 11 is 0. The number of hydrogen-bond acceptors (Lipinski definition) is 4. The van der Waals surface area contributed by atoms with Crippen LogP contribution in [0.5, 0.6) is 0 Å². The molecule has 92 valence electrons. The van der Waals surface area contributed by atoms with Gasteiger partial charge in [-0.3, -0.25) is 9.59 Å². The van der Waals surface area contributed by atoms with Gasteiger partial charge in [0.25, 0.3) is 0 Å². The van der Waals surface area contributed by atoms with Crippen LogP contribution in [0.1, 0.15) is 25.7 Å². The highest BCUT2D eigenvalue weighted by atomic mass is 16.3. The average molecular weight is 229 g/mol. The van der Waals surface area contributed by atoms with Gasteiger partial charge in [0, 0.05) is 6.54 Å². The van der Waals surface area contributed by atoms with E-state index in [2.05, 4.69) is 5.32 Å². The van der Waals surface area contributed by atoms with E-state index in [9.17, 15) is 9.59 Å². The van der Waals surface area contributed by atoms with E-state index in [4.69, 9.17) is 16.6 Å². The maximum absolute atomic E-state index is 11.9. The van der Waals surface area contributed by atoms with Gasteiger partial charge < -0.3 is 21.9 Å². The first-order chi connectivity index (χ1) is 7.52. The molecule has 0 aromatic carbocycles. The number of carbonyl (C=O) groups is 2. The molecule has 0 aromatic heterocycles. The molecule has 1 aliphatic rings.